The smallest absolute Gasteiger partial charge is 0.414 e. The largest absolute Gasteiger partial charge is 0.451 e. The number of carbonyl (C=O) groups is 3. The minimum absolute atomic E-state index is 0.0263. The highest BCUT2D eigenvalue weighted by Gasteiger charge is 2.32. The molecule has 0 saturated carbocycles. The third-order valence-electron chi connectivity index (χ3n) is 5.33. The molecule has 8 nitrogen and oxygen atoms in total. The molecule has 1 fully saturated rings. The molecule has 3 aromatic rings. The zero-order chi connectivity index (χ0) is 23.4. The molecule has 2 heterocycles. The number of cyclic esters (lactones) is 1. The van der Waals surface area contributed by atoms with E-state index in [9.17, 15) is 18.8 Å². The lowest BCUT2D eigenvalue weighted by Crippen LogP contribution is -2.24. The predicted molar refractivity (Wildman–Crippen MR) is 117 cm³/mol. The van der Waals surface area contributed by atoms with Gasteiger partial charge in [-0.05, 0) is 49.2 Å². The van der Waals surface area contributed by atoms with E-state index in [2.05, 4.69) is 10.3 Å². The summed E-state index contributed by atoms with van der Waals surface area (Å²) < 4.78 is 25.0. The van der Waals surface area contributed by atoms with E-state index in [1.54, 1.807) is 36.4 Å². The SMILES string of the molecule is CC(=O)CC[C@H]1CN(c2ccc(-c3ccc(C(=O)NCc4cocn4)cc3)c(F)c2)C(=O)O1. The number of carbonyl (C=O) groups excluding carboxylic acids is 3. The molecule has 33 heavy (non-hydrogen) atoms. The van der Waals surface area contributed by atoms with Crippen LogP contribution in [0.3, 0.4) is 0 Å². The Kier molecular flexibility index (Phi) is 6.48. The molecule has 1 N–H and O–H groups in total. The number of nitrogens with one attached hydrogen (secondary N) is 1. The minimum atomic E-state index is -0.559. The van der Waals surface area contributed by atoms with Crippen LogP contribution in [0.1, 0.15) is 35.8 Å². The Labute approximate surface area is 189 Å². The number of hydrogen-bond donors (Lipinski definition) is 1. The number of hydrogen-bond acceptors (Lipinski definition) is 6. The van der Waals surface area contributed by atoms with Crippen LogP contribution in [-0.4, -0.2) is 35.4 Å². The Morgan fingerprint density at radius 1 is 1.21 bits per heavy atom. The monoisotopic (exact) mass is 451 g/mol. The topological polar surface area (TPSA) is 102 Å². The minimum Gasteiger partial charge on any atom is -0.451 e. The van der Waals surface area contributed by atoms with Crippen LogP contribution in [0.4, 0.5) is 14.9 Å². The highest BCUT2D eigenvalue weighted by atomic mass is 19.1. The third-order valence-corrected chi connectivity index (χ3v) is 5.33. The van der Waals surface area contributed by atoms with Crippen molar-refractivity contribution < 1.29 is 27.9 Å². The summed E-state index contributed by atoms with van der Waals surface area (Å²) in [7, 11) is 0. The van der Waals surface area contributed by atoms with Crippen molar-refractivity contribution >= 4 is 23.5 Å². The van der Waals surface area contributed by atoms with Gasteiger partial charge >= 0.3 is 6.09 Å². The summed E-state index contributed by atoms with van der Waals surface area (Å²) in [6.45, 7) is 1.99. The molecule has 0 radical (unpaired) electrons. The zero-order valence-corrected chi connectivity index (χ0v) is 17.9. The Balaban J connectivity index is 1.42. The first kappa shape index (κ1) is 22.2. The van der Waals surface area contributed by atoms with Crippen molar-refractivity contribution in [2.24, 2.45) is 0 Å². The standard InChI is InChI=1S/C24H22FN3O5/c1-15(29)2-8-20-12-28(24(31)33-20)19-7-9-21(22(25)10-19)16-3-5-17(6-4-16)23(30)26-11-18-13-32-14-27-18/h3-7,9-10,13-14,20H,2,8,11-12H2,1H3,(H,26,30)/t20-/m0/s1. The number of Topliss-reactive ketones (excluding diaryl/α,β-unsaturated/α-hetero) is 1. The first-order valence-corrected chi connectivity index (χ1v) is 10.4. The highest BCUT2D eigenvalue weighted by Crippen LogP contribution is 2.30. The van der Waals surface area contributed by atoms with Crippen molar-refractivity contribution in [1.82, 2.24) is 10.3 Å². The van der Waals surface area contributed by atoms with Gasteiger partial charge in [-0.15, -0.1) is 0 Å². The van der Waals surface area contributed by atoms with Gasteiger partial charge in [-0.3, -0.25) is 9.69 Å². The number of ether oxygens (including phenoxy) is 1. The van der Waals surface area contributed by atoms with Crippen LogP contribution < -0.4 is 10.2 Å². The molecular weight excluding hydrogens is 429 g/mol. The molecule has 0 bridgehead atoms. The number of oxazole rings is 1. The molecule has 1 aromatic heterocycles. The Hall–Kier alpha value is -4.01. The first-order chi connectivity index (χ1) is 15.9. The fraction of sp³-hybridized carbons (Fsp3) is 0.250. The predicted octanol–water partition coefficient (Wildman–Crippen LogP) is 4.11. The van der Waals surface area contributed by atoms with Gasteiger partial charge in [0.2, 0.25) is 0 Å². The number of amides is 2. The molecule has 1 aliphatic heterocycles. The van der Waals surface area contributed by atoms with Crippen molar-refractivity contribution in [3.8, 4) is 11.1 Å². The van der Waals surface area contributed by atoms with Gasteiger partial charge in [-0.1, -0.05) is 12.1 Å². The summed E-state index contributed by atoms with van der Waals surface area (Å²) in [6.07, 6.45) is 2.55. The van der Waals surface area contributed by atoms with Crippen molar-refractivity contribution in [1.29, 1.82) is 0 Å². The van der Waals surface area contributed by atoms with Crippen molar-refractivity contribution in [3.63, 3.8) is 0 Å². The van der Waals surface area contributed by atoms with E-state index in [0.717, 1.165) is 0 Å². The van der Waals surface area contributed by atoms with Gasteiger partial charge < -0.3 is 19.3 Å². The molecular formula is C24H22FN3O5. The fourth-order valence-electron chi connectivity index (χ4n) is 3.55. The highest BCUT2D eigenvalue weighted by molar-refractivity contribution is 5.94. The van der Waals surface area contributed by atoms with Crippen LogP contribution in [0.5, 0.6) is 0 Å². The van der Waals surface area contributed by atoms with E-state index in [1.165, 1.54) is 30.5 Å². The average molecular weight is 451 g/mol. The summed E-state index contributed by atoms with van der Waals surface area (Å²) in [6, 6.07) is 11.0. The molecule has 0 spiro atoms. The van der Waals surface area contributed by atoms with Gasteiger partial charge in [-0.2, -0.15) is 0 Å². The zero-order valence-electron chi connectivity index (χ0n) is 17.9. The second-order valence-corrected chi connectivity index (χ2v) is 7.76. The molecule has 0 aliphatic carbocycles. The lowest BCUT2D eigenvalue weighted by Gasteiger charge is -2.14. The van der Waals surface area contributed by atoms with Crippen LogP contribution in [-0.2, 0) is 16.1 Å². The van der Waals surface area contributed by atoms with Crippen molar-refractivity contribution in [3.05, 3.63) is 72.2 Å². The number of ketones is 1. The lowest BCUT2D eigenvalue weighted by atomic mass is 10.0. The maximum absolute atomic E-state index is 14.9. The molecule has 9 heteroatoms. The van der Waals surface area contributed by atoms with Crippen LogP contribution in [0.15, 0.2) is 59.5 Å². The fourth-order valence-corrected chi connectivity index (χ4v) is 3.55. The molecule has 0 unspecified atom stereocenters. The van der Waals surface area contributed by atoms with E-state index in [4.69, 9.17) is 9.15 Å². The number of nitrogens with zero attached hydrogens (tertiary/aromatic N) is 2. The van der Waals surface area contributed by atoms with Gasteiger partial charge in [0.15, 0.2) is 6.39 Å². The third kappa shape index (κ3) is 5.25. The average Bonchev–Trinajstić information content (AvgIpc) is 3.45. The van der Waals surface area contributed by atoms with E-state index < -0.39 is 18.0 Å². The lowest BCUT2D eigenvalue weighted by molar-refractivity contribution is -0.117. The van der Waals surface area contributed by atoms with E-state index in [0.29, 0.717) is 40.9 Å². The summed E-state index contributed by atoms with van der Waals surface area (Å²) >= 11 is 0. The maximum atomic E-state index is 14.9. The quantitative estimate of drug-likeness (QED) is 0.553. The Morgan fingerprint density at radius 2 is 2.00 bits per heavy atom. The second kappa shape index (κ2) is 9.64. The van der Waals surface area contributed by atoms with E-state index in [1.807, 2.05) is 0 Å². The number of rotatable bonds is 8. The number of benzene rings is 2. The van der Waals surface area contributed by atoms with Crippen LogP contribution >= 0.6 is 0 Å². The second-order valence-electron chi connectivity index (χ2n) is 7.76. The molecule has 1 aliphatic rings. The van der Waals surface area contributed by atoms with Crippen LogP contribution in [0.25, 0.3) is 11.1 Å². The van der Waals surface area contributed by atoms with Gasteiger partial charge in [0, 0.05) is 17.5 Å². The Morgan fingerprint density at radius 3 is 2.67 bits per heavy atom. The van der Waals surface area contributed by atoms with Crippen molar-refractivity contribution in [2.75, 3.05) is 11.4 Å². The first-order valence-electron chi connectivity index (χ1n) is 10.4. The molecule has 1 atom stereocenters. The number of aromatic nitrogens is 1. The van der Waals surface area contributed by atoms with Crippen LogP contribution in [0, 0.1) is 5.82 Å². The summed E-state index contributed by atoms with van der Waals surface area (Å²) in [5, 5.41) is 2.73. The van der Waals surface area contributed by atoms with Gasteiger partial charge in [0.25, 0.3) is 5.91 Å². The summed E-state index contributed by atoms with van der Waals surface area (Å²) in [5.74, 6) is -0.763. The Bertz CT molecular complexity index is 1160. The summed E-state index contributed by atoms with van der Waals surface area (Å²) in [4.78, 5) is 40.9. The van der Waals surface area contributed by atoms with Crippen LogP contribution in [0.2, 0.25) is 0 Å². The van der Waals surface area contributed by atoms with Gasteiger partial charge in [-0.25, -0.2) is 14.2 Å². The van der Waals surface area contributed by atoms with Gasteiger partial charge in [0.1, 0.15) is 24.0 Å². The maximum Gasteiger partial charge on any atom is 0.414 e. The molecule has 2 amide bonds. The normalized spacial score (nSPS) is 15.4. The van der Waals surface area contributed by atoms with Gasteiger partial charge in [0.05, 0.1) is 24.5 Å². The van der Waals surface area contributed by atoms with E-state index >= 15 is 0 Å². The number of halogens is 1. The molecule has 170 valence electrons. The van der Waals surface area contributed by atoms with E-state index in [-0.39, 0.29) is 24.8 Å². The number of anilines is 1. The van der Waals surface area contributed by atoms with Crippen molar-refractivity contribution in [2.45, 2.75) is 32.4 Å². The molecule has 1 saturated heterocycles. The summed E-state index contributed by atoms with van der Waals surface area (Å²) in [5.41, 5.74) is 2.35. The molecule has 2 aromatic carbocycles. The molecule has 4 rings (SSSR count).